The summed E-state index contributed by atoms with van der Waals surface area (Å²) < 4.78 is 0. The van der Waals surface area contributed by atoms with Gasteiger partial charge in [-0.15, -0.1) is 24.0 Å². The van der Waals surface area contributed by atoms with Gasteiger partial charge < -0.3 is 30.4 Å². The van der Waals surface area contributed by atoms with Gasteiger partial charge in [-0.1, -0.05) is 24.3 Å². The van der Waals surface area contributed by atoms with E-state index in [-0.39, 0.29) is 29.9 Å². The zero-order valence-electron chi connectivity index (χ0n) is 19.6. The predicted molar refractivity (Wildman–Crippen MR) is 146 cm³/mol. The molecule has 3 N–H and O–H groups in total. The third-order valence-electron chi connectivity index (χ3n) is 5.22. The van der Waals surface area contributed by atoms with Gasteiger partial charge in [0.05, 0.1) is 18.8 Å². The predicted octanol–water partition coefficient (Wildman–Crippen LogP) is 2.80. The lowest BCUT2D eigenvalue weighted by atomic mass is 10.2. The van der Waals surface area contributed by atoms with Crippen molar-refractivity contribution >= 4 is 47.2 Å². The second kappa shape index (κ2) is 13.2. The summed E-state index contributed by atoms with van der Waals surface area (Å²) in [7, 11) is 3.74. The number of aromatic hydroxyl groups is 1. The van der Waals surface area contributed by atoms with Crippen molar-refractivity contribution in [3.63, 3.8) is 0 Å². The summed E-state index contributed by atoms with van der Waals surface area (Å²) >= 11 is 0. The summed E-state index contributed by atoms with van der Waals surface area (Å²) in [6.45, 7) is 7.00. The zero-order chi connectivity index (χ0) is 22.9. The number of phenols is 1. The molecule has 3 rings (SSSR count). The molecular weight excluding hydrogens is 531 g/mol. The number of rotatable bonds is 7. The van der Waals surface area contributed by atoms with Crippen molar-refractivity contribution in [2.45, 2.75) is 13.5 Å². The fourth-order valence-corrected chi connectivity index (χ4v) is 3.72. The second-order valence-corrected chi connectivity index (χ2v) is 8.12. The van der Waals surface area contributed by atoms with Crippen LogP contribution >= 0.6 is 24.0 Å². The first-order valence-corrected chi connectivity index (χ1v) is 11.1. The Hall–Kier alpha value is -2.53. The standard InChI is InChI=1S/C24H34N6O2.HI/c1-4-25-24(30-14-12-29(13-15-30)21-10-5-6-11-22(21)31)26-17-19-8-7-9-20(16-19)27-23(32)18-28(2)3;/h5-11,16,31H,4,12-15,17-18H2,1-3H3,(H,25,26)(H,27,32);1H. The molecule has 1 aliphatic rings. The third kappa shape index (κ3) is 8.08. The lowest BCUT2D eigenvalue weighted by Gasteiger charge is -2.37. The first-order valence-electron chi connectivity index (χ1n) is 11.1. The van der Waals surface area contributed by atoms with Crippen LogP contribution in [0.2, 0.25) is 0 Å². The number of para-hydroxylation sites is 2. The minimum absolute atomic E-state index is 0. The number of halogens is 1. The number of phenolic OH excluding ortho intramolecular Hbond substituents is 1. The van der Waals surface area contributed by atoms with E-state index in [0.29, 0.717) is 18.8 Å². The Morgan fingerprint density at radius 2 is 1.82 bits per heavy atom. The Morgan fingerprint density at radius 3 is 2.48 bits per heavy atom. The lowest BCUT2D eigenvalue weighted by Crippen LogP contribution is -2.52. The Balaban J connectivity index is 0.00000385. The molecule has 0 unspecified atom stereocenters. The molecule has 2 aromatic carbocycles. The number of hydrogen-bond donors (Lipinski definition) is 3. The lowest BCUT2D eigenvalue weighted by molar-refractivity contribution is -0.116. The number of guanidine groups is 1. The largest absolute Gasteiger partial charge is 0.506 e. The summed E-state index contributed by atoms with van der Waals surface area (Å²) in [6.07, 6.45) is 0. The summed E-state index contributed by atoms with van der Waals surface area (Å²) in [5.74, 6) is 1.16. The summed E-state index contributed by atoms with van der Waals surface area (Å²) in [4.78, 5) is 23.2. The molecule has 1 aliphatic heterocycles. The smallest absolute Gasteiger partial charge is 0.238 e. The molecule has 0 radical (unpaired) electrons. The van der Waals surface area contributed by atoms with Crippen LogP contribution < -0.4 is 15.5 Å². The Bertz CT molecular complexity index is 929. The van der Waals surface area contributed by atoms with E-state index < -0.39 is 0 Å². The number of carbonyl (C=O) groups excluding carboxylic acids is 1. The molecule has 1 fully saturated rings. The minimum atomic E-state index is -0.0358. The van der Waals surface area contributed by atoms with Crippen LogP contribution in [0.5, 0.6) is 5.75 Å². The molecule has 0 atom stereocenters. The molecule has 180 valence electrons. The molecule has 2 aromatic rings. The number of benzene rings is 2. The van der Waals surface area contributed by atoms with E-state index in [1.54, 1.807) is 6.07 Å². The van der Waals surface area contributed by atoms with Crippen LogP contribution in [0.25, 0.3) is 0 Å². The van der Waals surface area contributed by atoms with Crippen molar-refractivity contribution in [1.82, 2.24) is 15.1 Å². The fraction of sp³-hybridized carbons (Fsp3) is 0.417. The Morgan fingerprint density at radius 1 is 1.09 bits per heavy atom. The van der Waals surface area contributed by atoms with E-state index in [4.69, 9.17) is 4.99 Å². The number of aliphatic imine (C=N–C) groups is 1. The maximum Gasteiger partial charge on any atom is 0.238 e. The highest BCUT2D eigenvalue weighted by molar-refractivity contribution is 14.0. The average molecular weight is 566 g/mol. The second-order valence-electron chi connectivity index (χ2n) is 8.12. The van der Waals surface area contributed by atoms with Gasteiger partial charge in [-0.05, 0) is 50.8 Å². The third-order valence-corrected chi connectivity index (χ3v) is 5.22. The average Bonchev–Trinajstić information content (AvgIpc) is 2.77. The highest BCUT2D eigenvalue weighted by Crippen LogP contribution is 2.27. The molecular formula is C24H35IN6O2. The number of likely N-dealkylation sites (N-methyl/N-ethyl adjacent to an activating group) is 1. The Labute approximate surface area is 213 Å². The van der Waals surface area contributed by atoms with Crippen LogP contribution in [0.15, 0.2) is 53.5 Å². The van der Waals surface area contributed by atoms with E-state index in [9.17, 15) is 9.90 Å². The van der Waals surface area contributed by atoms with E-state index in [1.165, 1.54) is 0 Å². The molecule has 0 saturated carbocycles. The first-order chi connectivity index (χ1) is 15.5. The van der Waals surface area contributed by atoms with Crippen LogP contribution in [-0.4, -0.2) is 80.1 Å². The van der Waals surface area contributed by atoms with Crippen LogP contribution in [-0.2, 0) is 11.3 Å². The number of carbonyl (C=O) groups is 1. The molecule has 8 nitrogen and oxygen atoms in total. The van der Waals surface area contributed by atoms with Crippen molar-refractivity contribution in [2.24, 2.45) is 4.99 Å². The van der Waals surface area contributed by atoms with Crippen LogP contribution in [0.3, 0.4) is 0 Å². The highest BCUT2D eigenvalue weighted by Gasteiger charge is 2.21. The number of piperazine rings is 1. The number of amides is 1. The minimum Gasteiger partial charge on any atom is -0.506 e. The molecule has 1 amide bonds. The molecule has 1 saturated heterocycles. The van der Waals surface area contributed by atoms with Crippen molar-refractivity contribution in [1.29, 1.82) is 0 Å². The summed E-state index contributed by atoms with van der Waals surface area (Å²) in [5.41, 5.74) is 2.70. The maximum atomic E-state index is 12.0. The van der Waals surface area contributed by atoms with E-state index >= 15 is 0 Å². The molecule has 0 spiro atoms. The van der Waals surface area contributed by atoms with Crippen molar-refractivity contribution < 1.29 is 9.90 Å². The van der Waals surface area contributed by atoms with Gasteiger partial charge >= 0.3 is 0 Å². The first kappa shape index (κ1) is 26.7. The van der Waals surface area contributed by atoms with Gasteiger partial charge in [0.25, 0.3) is 0 Å². The van der Waals surface area contributed by atoms with Gasteiger partial charge in [0.2, 0.25) is 5.91 Å². The quantitative estimate of drug-likeness (QED) is 0.272. The zero-order valence-corrected chi connectivity index (χ0v) is 22.0. The van der Waals surface area contributed by atoms with E-state index in [0.717, 1.165) is 55.6 Å². The monoisotopic (exact) mass is 566 g/mol. The van der Waals surface area contributed by atoms with Gasteiger partial charge in [0.1, 0.15) is 5.75 Å². The molecule has 9 heteroatoms. The van der Waals surface area contributed by atoms with Crippen molar-refractivity contribution in [3.05, 3.63) is 54.1 Å². The van der Waals surface area contributed by atoms with Crippen LogP contribution in [0.4, 0.5) is 11.4 Å². The maximum absolute atomic E-state index is 12.0. The number of anilines is 2. The van der Waals surface area contributed by atoms with Gasteiger partial charge in [-0.2, -0.15) is 0 Å². The van der Waals surface area contributed by atoms with Crippen molar-refractivity contribution in [2.75, 3.05) is 63.6 Å². The van der Waals surface area contributed by atoms with Crippen LogP contribution in [0, 0.1) is 0 Å². The normalized spacial score (nSPS) is 14.1. The number of nitrogens with one attached hydrogen (secondary N) is 2. The van der Waals surface area contributed by atoms with E-state index in [2.05, 4.69) is 27.4 Å². The molecule has 33 heavy (non-hydrogen) atoms. The topological polar surface area (TPSA) is 83.4 Å². The van der Waals surface area contributed by atoms with Gasteiger partial charge in [0, 0.05) is 38.4 Å². The summed E-state index contributed by atoms with van der Waals surface area (Å²) in [6, 6.07) is 15.3. The molecule has 0 aliphatic carbocycles. The SMILES string of the molecule is CCNC(=NCc1cccc(NC(=O)CN(C)C)c1)N1CCN(c2ccccc2O)CC1.I. The van der Waals surface area contributed by atoms with Crippen LogP contribution in [0.1, 0.15) is 12.5 Å². The molecule has 0 aromatic heterocycles. The summed E-state index contributed by atoms with van der Waals surface area (Å²) in [5, 5.41) is 16.5. The number of nitrogens with zero attached hydrogens (tertiary/aromatic N) is 4. The number of hydrogen-bond acceptors (Lipinski definition) is 5. The van der Waals surface area contributed by atoms with Gasteiger partial charge in [-0.3, -0.25) is 4.79 Å². The molecule has 1 heterocycles. The Kier molecular flexibility index (Phi) is 10.7. The fourth-order valence-electron chi connectivity index (χ4n) is 3.72. The van der Waals surface area contributed by atoms with Gasteiger partial charge in [0.15, 0.2) is 5.96 Å². The highest BCUT2D eigenvalue weighted by atomic mass is 127. The van der Waals surface area contributed by atoms with Gasteiger partial charge in [-0.25, -0.2) is 4.99 Å². The van der Waals surface area contributed by atoms with Crippen molar-refractivity contribution in [3.8, 4) is 5.75 Å². The molecule has 0 bridgehead atoms. The van der Waals surface area contributed by atoms with E-state index in [1.807, 2.05) is 61.5 Å².